The van der Waals surface area contributed by atoms with Crippen LogP contribution in [0.3, 0.4) is 0 Å². The molecule has 2 aromatic rings. The molecule has 0 aliphatic heterocycles. The van der Waals surface area contributed by atoms with Gasteiger partial charge in [0, 0.05) is 12.8 Å². The average molecular weight is 374 g/mol. The number of alkyl halides is 4. The van der Waals surface area contributed by atoms with Crippen molar-refractivity contribution in [3.63, 3.8) is 0 Å². The van der Waals surface area contributed by atoms with E-state index in [2.05, 4.69) is 13.2 Å². The van der Waals surface area contributed by atoms with E-state index >= 15 is 0 Å². The molecule has 1 aliphatic carbocycles. The Morgan fingerprint density at radius 2 is 1.44 bits per heavy atom. The van der Waals surface area contributed by atoms with Gasteiger partial charge in [0.15, 0.2) is 0 Å². The molecule has 0 nitrogen and oxygen atoms in total. The number of fused-ring (bicyclic) bond motifs is 1. The third kappa shape index (κ3) is 3.85. The van der Waals surface area contributed by atoms with Gasteiger partial charge in [0.25, 0.3) is 0 Å². The molecule has 0 amide bonds. The second kappa shape index (κ2) is 6.99. The number of allylic oxidation sites excluding steroid dienone is 2. The Hall–Kier alpha value is -2.36. The summed E-state index contributed by atoms with van der Waals surface area (Å²) in [6, 6.07) is 12.8. The molecule has 3 rings (SSSR count). The summed E-state index contributed by atoms with van der Waals surface area (Å²) in [7, 11) is 0. The van der Waals surface area contributed by atoms with E-state index in [1.807, 2.05) is 31.2 Å². The van der Waals surface area contributed by atoms with E-state index in [0.29, 0.717) is 18.4 Å². The lowest BCUT2D eigenvalue weighted by Crippen LogP contribution is -2.47. The summed E-state index contributed by atoms with van der Waals surface area (Å²) in [5, 5.41) is 0. The summed E-state index contributed by atoms with van der Waals surface area (Å²) in [4.78, 5) is 0. The SMILES string of the molecule is C=C(CCC(=C)c1ccccc1C)c1ccc2c(c1)CC(F)(F)C(F)(F)C2. The first-order valence-electron chi connectivity index (χ1n) is 8.90. The summed E-state index contributed by atoms with van der Waals surface area (Å²) in [5.41, 5.74) is 5.29. The van der Waals surface area contributed by atoms with Gasteiger partial charge < -0.3 is 0 Å². The van der Waals surface area contributed by atoms with Crippen LogP contribution in [-0.4, -0.2) is 11.8 Å². The zero-order valence-electron chi connectivity index (χ0n) is 15.3. The van der Waals surface area contributed by atoms with Crippen LogP contribution in [0, 0.1) is 6.92 Å². The number of rotatable bonds is 5. The van der Waals surface area contributed by atoms with E-state index in [4.69, 9.17) is 0 Å². The molecular weight excluding hydrogens is 352 g/mol. The normalized spacial score (nSPS) is 17.2. The van der Waals surface area contributed by atoms with Crippen molar-refractivity contribution >= 4 is 11.1 Å². The first kappa shape index (κ1) is 19.4. The molecule has 0 fully saturated rings. The second-order valence-electron chi connectivity index (χ2n) is 7.27. The van der Waals surface area contributed by atoms with E-state index in [1.54, 1.807) is 12.1 Å². The van der Waals surface area contributed by atoms with Gasteiger partial charge in [0.2, 0.25) is 0 Å². The Labute approximate surface area is 157 Å². The van der Waals surface area contributed by atoms with Crippen LogP contribution in [0.4, 0.5) is 17.6 Å². The Morgan fingerprint density at radius 3 is 2.11 bits per heavy atom. The molecule has 142 valence electrons. The van der Waals surface area contributed by atoms with Crippen LogP contribution in [-0.2, 0) is 12.8 Å². The van der Waals surface area contributed by atoms with Crippen LogP contribution in [0.15, 0.2) is 55.6 Å². The minimum Gasteiger partial charge on any atom is -0.200 e. The highest BCUT2D eigenvalue weighted by atomic mass is 19.3. The van der Waals surface area contributed by atoms with Gasteiger partial charge in [0.05, 0.1) is 0 Å². The molecule has 0 bridgehead atoms. The van der Waals surface area contributed by atoms with Crippen LogP contribution in [0.1, 0.15) is 40.7 Å². The van der Waals surface area contributed by atoms with E-state index < -0.39 is 24.7 Å². The Bertz CT molecular complexity index is 893. The second-order valence-corrected chi connectivity index (χ2v) is 7.27. The fraction of sp³-hybridized carbons (Fsp3) is 0.304. The predicted octanol–water partition coefficient (Wildman–Crippen LogP) is 6.87. The van der Waals surface area contributed by atoms with Crippen LogP contribution in [0.25, 0.3) is 11.1 Å². The third-order valence-electron chi connectivity index (χ3n) is 5.23. The number of aryl methyl sites for hydroxylation is 1. The lowest BCUT2D eigenvalue weighted by Gasteiger charge is -2.32. The fourth-order valence-electron chi connectivity index (χ4n) is 3.47. The van der Waals surface area contributed by atoms with Crippen LogP contribution in [0.5, 0.6) is 0 Å². The van der Waals surface area contributed by atoms with Gasteiger partial charge in [-0.3, -0.25) is 0 Å². The van der Waals surface area contributed by atoms with Crippen molar-refractivity contribution in [3.8, 4) is 0 Å². The summed E-state index contributed by atoms with van der Waals surface area (Å²) >= 11 is 0. The molecule has 4 heteroatoms. The first-order chi connectivity index (χ1) is 12.6. The van der Waals surface area contributed by atoms with E-state index in [1.165, 1.54) is 6.07 Å². The monoisotopic (exact) mass is 374 g/mol. The molecule has 0 radical (unpaired) electrons. The predicted molar refractivity (Wildman–Crippen MR) is 102 cm³/mol. The average Bonchev–Trinajstić information content (AvgIpc) is 2.60. The van der Waals surface area contributed by atoms with Crippen molar-refractivity contribution < 1.29 is 17.6 Å². The fourth-order valence-corrected chi connectivity index (χ4v) is 3.47. The van der Waals surface area contributed by atoms with Gasteiger partial charge in [-0.05, 0) is 58.7 Å². The van der Waals surface area contributed by atoms with Gasteiger partial charge in [-0.15, -0.1) is 0 Å². The molecular formula is C23H22F4. The molecule has 0 saturated heterocycles. The van der Waals surface area contributed by atoms with Gasteiger partial charge in [0.1, 0.15) is 0 Å². The molecule has 27 heavy (non-hydrogen) atoms. The van der Waals surface area contributed by atoms with Crippen LogP contribution in [0.2, 0.25) is 0 Å². The van der Waals surface area contributed by atoms with Crippen LogP contribution < -0.4 is 0 Å². The maximum Gasteiger partial charge on any atom is 0.314 e. The maximum absolute atomic E-state index is 13.7. The highest BCUT2D eigenvalue weighted by Gasteiger charge is 2.58. The number of benzene rings is 2. The number of hydrogen-bond donors (Lipinski definition) is 0. The Balaban J connectivity index is 1.72. The summed E-state index contributed by atoms with van der Waals surface area (Å²) in [6.07, 6.45) is -0.550. The first-order valence-corrected chi connectivity index (χ1v) is 8.90. The van der Waals surface area contributed by atoms with Gasteiger partial charge in [-0.1, -0.05) is 55.6 Å². The smallest absolute Gasteiger partial charge is 0.200 e. The topological polar surface area (TPSA) is 0 Å². The van der Waals surface area contributed by atoms with Crippen LogP contribution >= 0.6 is 0 Å². The quantitative estimate of drug-likeness (QED) is 0.501. The highest BCUT2D eigenvalue weighted by molar-refractivity contribution is 5.70. The van der Waals surface area contributed by atoms with Crippen molar-refractivity contribution in [1.29, 1.82) is 0 Å². The molecule has 0 aromatic heterocycles. The van der Waals surface area contributed by atoms with Crippen molar-refractivity contribution in [2.75, 3.05) is 0 Å². The van der Waals surface area contributed by atoms with E-state index in [9.17, 15) is 17.6 Å². The molecule has 2 aromatic carbocycles. The van der Waals surface area contributed by atoms with Gasteiger partial charge >= 0.3 is 11.8 Å². The number of hydrogen-bond acceptors (Lipinski definition) is 0. The summed E-state index contributed by atoms with van der Waals surface area (Å²) in [6.45, 7) is 10.2. The summed E-state index contributed by atoms with van der Waals surface area (Å²) < 4.78 is 54.5. The van der Waals surface area contributed by atoms with Crippen molar-refractivity contribution in [2.45, 2.75) is 44.5 Å². The standard InChI is InChI=1S/C23H22F4/c1-15(8-9-17(3)21-7-5-4-6-16(21)2)18-10-11-19-13-22(24,25)23(26,27)14-20(19)12-18/h4-7,10-12H,1,3,8-9,13-14H2,2H3. The summed E-state index contributed by atoms with van der Waals surface area (Å²) in [5.74, 6) is -8.01. The van der Waals surface area contributed by atoms with Crippen molar-refractivity contribution in [1.82, 2.24) is 0 Å². The molecule has 0 spiro atoms. The minimum absolute atomic E-state index is 0.280. The van der Waals surface area contributed by atoms with E-state index in [-0.39, 0.29) is 11.1 Å². The Morgan fingerprint density at radius 1 is 0.852 bits per heavy atom. The maximum atomic E-state index is 13.7. The van der Waals surface area contributed by atoms with Crippen molar-refractivity contribution in [2.24, 2.45) is 0 Å². The molecule has 0 N–H and O–H groups in total. The lowest BCUT2D eigenvalue weighted by atomic mass is 9.84. The van der Waals surface area contributed by atoms with Crippen molar-refractivity contribution in [3.05, 3.63) is 83.4 Å². The Kier molecular flexibility index (Phi) is 5.02. The zero-order valence-corrected chi connectivity index (χ0v) is 15.3. The zero-order chi connectivity index (χ0) is 19.8. The largest absolute Gasteiger partial charge is 0.314 e. The molecule has 0 unspecified atom stereocenters. The highest BCUT2D eigenvalue weighted by Crippen LogP contribution is 2.44. The lowest BCUT2D eigenvalue weighted by molar-refractivity contribution is -0.211. The van der Waals surface area contributed by atoms with E-state index in [0.717, 1.165) is 22.3 Å². The minimum atomic E-state index is -4.01. The molecule has 0 heterocycles. The molecule has 1 aliphatic rings. The van der Waals surface area contributed by atoms with Gasteiger partial charge in [-0.2, -0.15) is 17.6 Å². The third-order valence-corrected chi connectivity index (χ3v) is 5.23. The molecule has 0 saturated carbocycles. The molecule has 0 atom stereocenters. The van der Waals surface area contributed by atoms with Gasteiger partial charge in [-0.25, -0.2) is 0 Å². The number of halogens is 4.